The lowest BCUT2D eigenvalue weighted by Crippen LogP contribution is -2.32. The van der Waals surface area contributed by atoms with Crippen LogP contribution in [0.2, 0.25) is 0 Å². The number of benzene rings is 1. The van der Waals surface area contributed by atoms with E-state index in [4.69, 9.17) is 10.8 Å². The van der Waals surface area contributed by atoms with Gasteiger partial charge < -0.3 is 16.2 Å². The lowest BCUT2D eigenvalue weighted by molar-refractivity contribution is 0.275. The van der Waals surface area contributed by atoms with E-state index >= 15 is 0 Å². The second kappa shape index (κ2) is 7.74. The molecule has 0 fully saturated rings. The first-order valence-electron chi connectivity index (χ1n) is 6.45. The number of nitrogens with two attached hydrogens (primary N) is 1. The van der Waals surface area contributed by atoms with Gasteiger partial charge in [-0.1, -0.05) is 19.9 Å². The second-order valence-electron chi connectivity index (χ2n) is 4.89. The van der Waals surface area contributed by atoms with E-state index in [1.807, 2.05) is 0 Å². The molecule has 0 aliphatic rings. The highest BCUT2D eigenvalue weighted by Gasteiger charge is 2.02. The van der Waals surface area contributed by atoms with E-state index in [-0.39, 0.29) is 12.2 Å². The zero-order valence-corrected chi connectivity index (χ0v) is 11.5. The van der Waals surface area contributed by atoms with Crippen LogP contribution in [0.5, 0.6) is 0 Å². The predicted octanol–water partition coefficient (Wildman–Crippen LogP) is 1.77. The number of aliphatic imine (C=N–C) groups is 1. The molecule has 4 N–H and O–H groups in total. The average molecular weight is 267 g/mol. The van der Waals surface area contributed by atoms with Gasteiger partial charge in [-0.25, -0.2) is 9.38 Å². The molecule has 4 nitrogen and oxygen atoms in total. The SMILES string of the molecule is CC(C)CCNC(N)=NCc1ccc(F)c(CO)c1. The van der Waals surface area contributed by atoms with Gasteiger partial charge in [0.1, 0.15) is 5.82 Å². The first-order valence-corrected chi connectivity index (χ1v) is 6.45. The molecule has 0 heterocycles. The van der Waals surface area contributed by atoms with E-state index in [1.54, 1.807) is 12.1 Å². The van der Waals surface area contributed by atoms with Crippen molar-refractivity contribution in [1.29, 1.82) is 0 Å². The van der Waals surface area contributed by atoms with Crippen LogP contribution >= 0.6 is 0 Å². The summed E-state index contributed by atoms with van der Waals surface area (Å²) in [5, 5.41) is 12.0. The van der Waals surface area contributed by atoms with Crippen LogP contribution in [0.15, 0.2) is 23.2 Å². The van der Waals surface area contributed by atoms with Gasteiger partial charge in [0.2, 0.25) is 0 Å². The van der Waals surface area contributed by atoms with Crippen molar-refractivity contribution in [3.8, 4) is 0 Å². The standard InChI is InChI=1S/C14H22FN3O/c1-10(2)5-6-17-14(16)18-8-11-3-4-13(15)12(7-11)9-19/h3-4,7,10,19H,5-6,8-9H2,1-2H3,(H3,16,17,18). The summed E-state index contributed by atoms with van der Waals surface area (Å²) in [6.45, 7) is 5.13. The minimum Gasteiger partial charge on any atom is -0.392 e. The third-order valence-corrected chi connectivity index (χ3v) is 2.74. The van der Waals surface area contributed by atoms with E-state index in [1.165, 1.54) is 6.07 Å². The molecule has 0 bridgehead atoms. The monoisotopic (exact) mass is 267 g/mol. The molecule has 106 valence electrons. The number of aliphatic hydroxyl groups is 1. The zero-order valence-electron chi connectivity index (χ0n) is 11.5. The second-order valence-corrected chi connectivity index (χ2v) is 4.89. The van der Waals surface area contributed by atoms with Crippen LogP contribution < -0.4 is 11.1 Å². The summed E-state index contributed by atoms with van der Waals surface area (Å²) in [5.41, 5.74) is 6.82. The third kappa shape index (κ3) is 5.70. The van der Waals surface area contributed by atoms with Crippen molar-refractivity contribution in [1.82, 2.24) is 5.32 Å². The van der Waals surface area contributed by atoms with Crippen LogP contribution in [-0.2, 0) is 13.2 Å². The molecule has 0 radical (unpaired) electrons. The van der Waals surface area contributed by atoms with E-state index in [0.29, 0.717) is 18.4 Å². The highest BCUT2D eigenvalue weighted by Crippen LogP contribution is 2.11. The predicted molar refractivity (Wildman–Crippen MR) is 75.1 cm³/mol. The molecular formula is C14H22FN3O. The molecule has 0 aliphatic heterocycles. The molecule has 0 unspecified atom stereocenters. The van der Waals surface area contributed by atoms with Crippen LogP contribution in [0.1, 0.15) is 31.4 Å². The Labute approximate surface area is 113 Å². The minimum absolute atomic E-state index is 0.277. The molecule has 0 saturated carbocycles. The Morgan fingerprint density at radius 3 is 2.84 bits per heavy atom. The van der Waals surface area contributed by atoms with Crippen molar-refractivity contribution in [2.45, 2.75) is 33.4 Å². The van der Waals surface area contributed by atoms with Gasteiger partial charge in [-0.15, -0.1) is 0 Å². The first-order chi connectivity index (χ1) is 9.02. The van der Waals surface area contributed by atoms with Gasteiger partial charge in [0.15, 0.2) is 5.96 Å². The summed E-state index contributed by atoms with van der Waals surface area (Å²) < 4.78 is 13.2. The highest BCUT2D eigenvalue weighted by molar-refractivity contribution is 5.77. The smallest absolute Gasteiger partial charge is 0.188 e. The maximum absolute atomic E-state index is 13.2. The van der Waals surface area contributed by atoms with Crippen molar-refractivity contribution < 1.29 is 9.50 Å². The molecule has 1 aromatic rings. The lowest BCUT2D eigenvalue weighted by Gasteiger charge is -2.08. The first kappa shape index (κ1) is 15.4. The van der Waals surface area contributed by atoms with Crippen LogP contribution in [0.25, 0.3) is 0 Å². The molecule has 0 aromatic heterocycles. The number of halogens is 1. The normalized spacial score (nSPS) is 11.9. The molecule has 5 heteroatoms. The molecule has 0 saturated heterocycles. The van der Waals surface area contributed by atoms with Crippen LogP contribution in [0.4, 0.5) is 4.39 Å². The number of hydrogen-bond acceptors (Lipinski definition) is 2. The maximum atomic E-state index is 13.2. The number of guanidine groups is 1. The molecular weight excluding hydrogens is 245 g/mol. The Morgan fingerprint density at radius 1 is 1.47 bits per heavy atom. The fourth-order valence-electron chi connectivity index (χ4n) is 1.57. The topological polar surface area (TPSA) is 70.6 Å². The van der Waals surface area contributed by atoms with Gasteiger partial charge in [0.25, 0.3) is 0 Å². The highest BCUT2D eigenvalue weighted by atomic mass is 19.1. The Balaban J connectivity index is 2.50. The number of hydrogen-bond donors (Lipinski definition) is 3. The largest absolute Gasteiger partial charge is 0.392 e. The molecule has 0 amide bonds. The van der Waals surface area contributed by atoms with Crippen molar-refractivity contribution in [3.63, 3.8) is 0 Å². The zero-order chi connectivity index (χ0) is 14.3. The van der Waals surface area contributed by atoms with Gasteiger partial charge in [-0.05, 0) is 30.0 Å². The van der Waals surface area contributed by atoms with E-state index in [9.17, 15) is 4.39 Å². The summed E-state index contributed by atoms with van der Waals surface area (Å²) in [7, 11) is 0. The summed E-state index contributed by atoms with van der Waals surface area (Å²) in [5.74, 6) is 0.596. The molecule has 0 aliphatic carbocycles. The Hall–Kier alpha value is -1.62. The summed E-state index contributed by atoms with van der Waals surface area (Å²) in [4.78, 5) is 4.18. The van der Waals surface area contributed by atoms with Crippen molar-refractivity contribution >= 4 is 5.96 Å². The summed E-state index contributed by atoms with van der Waals surface area (Å²) in [6, 6.07) is 4.57. The van der Waals surface area contributed by atoms with Gasteiger partial charge in [-0.3, -0.25) is 0 Å². The molecule has 1 aromatic carbocycles. The number of nitrogens with one attached hydrogen (secondary N) is 1. The van der Waals surface area contributed by atoms with Crippen molar-refractivity contribution in [3.05, 3.63) is 35.1 Å². The fraction of sp³-hybridized carbons (Fsp3) is 0.500. The lowest BCUT2D eigenvalue weighted by atomic mass is 10.1. The Kier molecular flexibility index (Phi) is 6.29. The van der Waals surface area contributed by atoms with Gasteiger partial charge >= 0.3 is 0 Å². The van der Waals surface area contributed by atoms with Crippen LogP contribution in [0, 0.1) is 11.7 Å². The fourth-order valence-corrected chi connectivity index (χ4v) is 1.57. The van der Waals surface area contributed by atoms with Crippen LogP contribution in [-0.4, -0.2) is 17.6 Å². The molecule has 19 heavy (non-hydrogen) atoms. The Bertz CT molecular complexity index is 433. The van der Waals surface area contributed by atoms with E-state index < -0.39 is 5.82 Å². The number of rotatable bonds is 6. The number of aliphatic hydroxyl groups excluding tert-OH is 1. The van der Waals surface area contributed by atoms with E-state index in [0.717, 1.165) is 18.5 Å². The molecule has 1 rings (SSSR count). The van der Waals surface area contributed by atoms with Gasteiger partial charge in [0.05, 0.1) is 13.2 Å². The summed E-state index contributed by atoms with van der Waals surface area (Å²) >= 11 is 0. The molecule has 0 atom stereocenters. The Morgan fingerprint density at radius 2 is 2.21 bits per heavy atom. The maximum Gasteiger partial charge on any atom is 0.188 e. The van der Waals surface area contributed by atoms with Crippen molar-refractivity contribution in [2.75, 3.05) is 6.54 Å². The van der Waals surface area contributed by atoms with E-state index in [2.05, 4.69) is 24.2 Å². The molecule has 0 spiro atoms. The van der Waals surface area contributed by atoms with Gasteiger partial charge in [0, 0.05) is 12.1 Å². The quantitative estimate of drug-likeness (QED) is 0.543. The minimum atomic E-state index is -0.404. The van der Waals surface area contributed by atoms with Gasteiger partial charge in [-0.2, -0.15) is 0 Å². The van der Waals surface area contributed by atoms with Crippen LogP contribution in [0.3, 0.4) is 0 Å². The number of nitrogens with zero attached hydrogens (tertiary/aromatic N) is 1. The average Bonchev–Trinajstić information content (AvgIpc) is 2.37. The van der Waals surface area contributed by atoms with Crippen molar-refractivity contribution in [2.24, 2.45) is 16.6 Å². The summed E-state index contributed by atoms with van der Waals surface area (Å²) in [6.07, 6.45) is 1.03. The third-order valence-electron chi connectivity index (χ3n) is 2.74.